The van der Waals surface area contributed by atoms with Crippen LogP contribution >= 0.6 is 0 Å². The number of carbonyl (C=O) groups excluding carboxylic acids is 1. The van der Waals surface area contributed by atoms with Crippen molar-refractivity contribution in [1.82, 2.24) is 9.80 Å². The van der Waals surface area contributed by atoms with Crippen LogP contribution in [-0.4, -0.2) is 75.4 Å². The summed E-state index contributed by atoms with van der Waals surface area (Å²) >= 11 is 0. The molecule has 2 fully saturated rings. The van der Waals surface area contributed by atoms with E-state index >= 15 is 0 Å². The first-order valence-corrected chi connectivity index (χ1v) is 7.78. The largest absolute Gasteiger partial charge is 0.497 e. The van der Waals surface area contributed by atoms with E-state index in [4.69, 9.17) is 9.47 Å². The minimum absolute atomic E-state index is 0.147. The first-order valence-electron chi connectivity index (χ1n) is 7.78. The van der Waals surface area contributed by atoms with Gasteiger partial charge in [0.25, 0.3) is 0 Å². The average molecular weight is 305 g/mol. The summed E-state index contributed by atoms with van der Waals surface area (Å²) in [6.07, 6.45) is 0. The summed E-state index contributed by atoms with van der Waals surface area (Å²) in [6, 6.07) is 8.22. The Bertz CT molecular complexity index is 509. The quantitative estimate of drug-likeness (QED) is 0.825. The van der Waals surface area contributed by atoms with Crippen molar-refractivity contribution >= 4 is 11.7 Å². The zero-order chi connectivity index (χ0) is 15.4. The van der Waals surface area contributed by atoms with Gasteiger partial charge in [-0.05, 0) is 12.1 Å². The molecule has 0 spiro atoms. The van der Waals surface area contributed by atoms with Gasteiger partial charge in [-0.2, -0.15) is 0 Å². The Morgan fingerprint density at radius 3 is 2.41 bits per heavy atom. The maximum absolute atomic E-state index is 12.5. The van der Waals surface area contributed by atoms with Crippen LogP contribution in [0.4, 0.5) is 10.5 Å². The number of rotatable bonds is 2. The van der Waals surface area contributed by atoms with Crippen molar-refractivity contribution in [2.24, 2.45) is 0 Å². The molecule has 1 aromatic carbocycles. The van der Waals surface area contributed by atoms with Gasteiger partial charge < -0.3 is 24.2 Å². The number of methoxy groups -OCH3 is 1. The molecule has 2 amide bonds. The molecule has 0 bridgehead atoms. The second kappa shape index (κ2) is 6.87. The lowest BCUT2D eigenvalue weighted by atomic mass is 10.2. The Morgan fingerprint density at radius 2 is 1.73 bits per heavy atom. The molecule has 2 aliphatic heterocycles. The highest BCUT2D eigenvalue weighted by Gasteiger charge is 2.26. The Kier molecular flexibility index (Phi) is 4.68. The molecule has 0 radical (unpaired) electrons. The van der Waals surface area contributed by atoms with Crippen LogP contribution < -0.4 is 9.64 Å². The van der Waals surface area contributed by atoms with Crippen molar-refractivity contribution in [2.45, 2.75) is 0 Å². The molecule has 120 valence electrons. The fraction of sp³-hybridized carbons (Fsp3) is 0.562. The predicted octanol–water partition coefficient (Wildman–Crippen LogP) is 1.27. The van der Waals surface area contributed by atoms with E-state index in [1.165, 1.54) is 0 Å². The molecule has 2 saturated heterocycles. The molecular weight excluding hydrogens is 282 g/mol. The topological polar surface area (TPSA) is 45.2 Å². The third-order valence-electron chi connectivity index (χ3n) is 4.25. The molecule has 0 atom stereocenters. The molecule has 22 heavy (non-hydrogen) atoms. The van der Waals surface area contributed by atoms with Crippen molar-refractivity contribution in [1.29, 1.82) is 0 Å². The van der Waals surface area contributed by atoms with Crippen LogP contribution in [0.15, 0.2) is 24.3 Å². The molecule has 3 rings (SSSR count). The smallest absolute Gasteiger partial charge is 0.320 e. The van der Waals surface area contributed by atoms with E-state index in [1.807, 2.05) is 28.0 Å². The van der Waals surface area contributed by atoms with Gasteiger partial charge in [0.05, 0.1) is 20.3 Å². The summed E-state index contributed by atoms with van der Waals surface area (Å²) in [5, 5.41) is 0. The molecule has 0 N–H and O–H groups in total. The molecule has 0 saturated carbocycles. The van der Waals surface area contributed by atoms with E-state index in [9.17, 15) is 4.79 Å². The minimum Gasteiger partial charge on any atom is -0.497 e. The first-order chi connectivity index (χ1) is 10.8. The van der Waals surface area contributed by atoms with Crippen LogP contribution in [0.25, 0.3) is 0 Å². The van der Waals surface area contributed by atoms with Crippen molar-refractivity contribution in [2.75, 3.05) is 64.5 Å². The van der Waals surface area contributed by atoms with E-state index < -0.39 is 0 Å². The highest BCUT2D eigenvalue weighted by molar-refractivity contribution is 5.75. The highest BCUT2D eigenvalue weighted by Crippen LogP contribution is 2.22. The van der Waals surface area contributed by atoms with E-state index in [-0.39, 0.29) is 6.03 Å². The van der Waals surface area contributed by atoms with Gasteiger partial charge in [0, 0.05) is 51.0 Å². The van der Waals surface area contributed by atoms with Crippen LogP contribution in [0, 0.1) is 0 Å². The highest BCUT2D eigenvalue weighted by atomic mass is 16.5. The maximum atomic E-state index is 12.5. The molecule has 0 aromatic heterocycles. The third-order valence-corrected chi connectivity index (χ3v) is 4.25. The van der Waals surface area contributed by atoms with E-state index in [0.29, 0.717) is 26.3 Å². The van der Waals surface area contributed by atoms with Gasteiger partial charge in [-0.25, -0.2) is 4.79 Å². The number of hydrogen-bond acceptors (Lipinski definition) is 4. The second-order valence-corrected chi connectivity index (χ2v) is 5.56. The molecule has 1 aromatic rings. The Morgan fingerprint density at radius 1 is 1.05 bits per heavy atom. The number of morpholine rings is 1. The van der Waals surface area contributed by atoms with Crippen LogP contribution in [0.2, 0.25) is 0 Å². The predicted molar refractivity (Wildman–Crippen MR) is 84.6 cm³/mol. The first kappa shape index (κ1) is 15.0. The Balaban J connectivity index is 1.56. The monoisotopic (exact) mass is 305 g/mol. The average Bonchev–Trinajstić information content (AvgIpc) is 2.62. The maximum Gasteiger partial charge on any atom is 0.320 e. The number of benzene rings is 1. The van der Waals surface area contributed by atoms with Crippen molar-refractivity contribution in [3.63, 3.8) is 0 Å². The summed E-state index contributed by atoms with van der Waals surface area (Å²) < 4.78 is 10.6. The number of anilines is 1. The fourth-order valence-corrected chi connectivity index (χ4v) is 2.92. The van der Waals surface area contributed by atoms with Gasteiger partial charge >= 0.3 is 6.03 Å². The molecule has 0 unspecified atom stereocenters. The summed E-state index contributed by atoms with van der Waals surface area (Å²) in [4.78, 5) is 18.6. The zero-order valence-corrected chi connectivity index (χ0v) is 13.0. The lowest BCUT2D eigenvalue weighted by Crippen LogP contribution is -2.54. The van der Waals surface area contributed by atoms with Gasteiger partial charge in [0.15, 0.2) is 0 Å². The van der Waals surface area contributed by atoms with Crippen molar-refractivity contribution in [3.05, 3.63) is 24.3 Å². The molecule has 2 heterocycles. The second-order valence-electron chi connectivity index (χ2n) is 5.56. The molecule has 2 aliphatic rings. The van der Waals surface area contributed by atoms with E-state index in [0.717, 1.165) is 37.6 Å². The van der Waals surface area contributed by atoms with Gasteiger partial charge in [-0.1, -0.05) is 6.07 Å². The van der Waals surface area contributed by atoms with Crippen LogP contribution in [-0.2, 0) is 4.74 Å². The molecule has 6 nitrogen and oxygen atoms in total. The number of hydrogen-bond donors (Lipinski definition) is 0. The Hall–Kier alpha value is -1.95. The number of nitrogens with zero attached hydrogens (tertiary/aromatic N) is 3. The number of piperazine rings is 1. The summed E-state index contributed by atoms with van der Waals surface area (Å²) in [5.74, 6) is 0.865. The zero-order valence-electron chi connectivity index (χ0n) is 13.0. The molecule has 0 aliphatic carbocycles. The number of ether oxygens (including phenoxy) is 2. The standard InChI is InChI=1S/C16H23N3O3/c1-21-15-4-2-3-14(13-15)17-5-7-18(8-6-17)16(20)19-9-11-22-12-10-19/h2-4,13H,5-12H2,1H3. The molecular formula is C16H23N3O3. The normalized spacial score (nSPS) is 19.2. The summed E-state index contributed by atoms with van der Waals surface area (Å²) in [5.41, 5.74) is 1.15. The lowest BCUT2D eigenvalue weighted by molar-refractivity contribution is 0.0428. The third kappa shape index (κ3) is 3.27. The van der Waals surface area contributed by atoms with E-state index in [2.05, 4.69) is 11.0 Å². The Labute approximate surface area is 131 Å². The minimum atomic E-state index is 0.147. The summed E-state index contributed by atoms with van der Waals surface area (Å²) in [6.45, 7) is 5.92. The van der Waals surface area contributed by atoms with Gasteiger partial charge in [0.2, 0.25) is 0 Å². The van der Waals surface area contributed by atoms with Crippen LogP contribution in [0.5, 0.6) is 5.75 Å². The lowest BCUT2D eigenvalue weighted by Gasteiger charge is -2.39. The van der Waals surface area contributed by atoms with Crippen molar-refractivity contribution in [3.8, 4) is 5.75 Å². The fourth-order valence-electron chi connectivity index (χ4n) is 2.92. The SMILES string of the molecule is COc1cccc(N2CCN(C(=O)N3CCOCC3)CC2)c1. The van der Waals surface area contributed by atoms with Gasteiger partial charge in [0.1, 0.15) is 5.75 Å². The van der Waals surface area contributed by atoms with Gasteiger partial charge in [-0.3, -0.25) is 0 Å². The van der Waals surface area contributed by atoms with Crippen molar-refractivity contribution < 1.29 is 14.3 Å². The summed E-state index contributed by atoms with van der Waals surface area (Å²) in [7, 11) is 1.68. The number of carbonyl (C=O) groups is 1. The van der Waals surface area contributed by atoms with Crippen LogP contribution in [0.3, 0.4) is 0 Å². The number of amides is 2. The van der Waals surface area contributed by atoms with E-state index in [1.54, 1.807) is 7.11 Å². The van der Waals surface area contributed by atoms with Gasteiger partial charge in [-0.15, -0.1) is 0 Å². The number of urea groups is 1. The molecule has 6 heteroatoms. The van der Waals surface area contributed by atoms with Crippen LogP contribution in [0.1, 0.15) is 0 Å².